The molecule has 0 radical (unpaired) electrons. The summed E-state index contributed by atoms with van der Waals surface area (Å²) >= 11 is -2.12. The molecule has 0 aliphatic heterocycles. The second kappa shape index (κ2) is 4.94. The van der Waals surface area contributed by atoms with Gasteiger partial charge in [0, 0.05) is 4.90 Å². The van der Waals surface area contributed by atoms with E-state index in [0.717, 1.165) is 12.0 Å². The third-order valence-electron chi connectivity index (χ3n) is 1.62. The normalized spacial score (nSPS) is 13.4. The van der Waals surface area contributed by atoms with E-state index in [1.165, 1.54) is 0 Å². The first-order valence-corrected chi connectivity index (χ1v) is 5.17. The van der Waals surface area contributed by atoms with Crippen LogP contribution in [0.3, 0.4) is 0 Å². The van der Waals surface area contributed by atoms with Crippen LogP contribution in [-0.2, 0) is 11.1 Å². The zero-order chi connectivity index (χ0) is 9.68. The Morgan fingerprint density at radius 3 is 2.46 bits per heavy atom. The monoisotopic (exact) mass is 195 g/mol. The van der Waals surface area contributed by atoms with E-state index in [2.05, 4.69) is 6.92 Å². The Morgan fingerprint density at radius 2 is 2.00 bits per heavy atom. The van der Waals surface area contributed by atoms with Gasteiger partial charge in [-0.15, -0.1) is 0 Å². The minimum absolute atomic E-state index is 0.327. The summed E-state index contributed by atoms with van der Waals surface area (Å²) in [6.07, 6.45) is 4.98. The molecule has 0 aliphatic rings. The molecule has 1 aromatic rings. The van der Waals surface area contributed by atoms with Gasteiger partial charge in [-0.05, 0) is 35.2 Å². The standard InChI is InChI=1S/C10H12O2S/c1-2-3-4-9-5-7-10(8-6-9)13(11)12/h3-8H,2H2,1H3,(H,11,12)/p-1. The smallest absolute Gasteiger partial charge is 0.0249 e. The van der Waals surface area contributed by atoms with E-state index in [9.17, 15) is 8.76 Å². The van der Waals surface area contributed by atoms with E-state index < -0.39 is 11.1 Å². The second-order valence-corrected chi connectivity index (χ2v) is 3.56. The molecule has 1 unspecified atom stereocenters. The maximum Gasteiger partial charge on any atom is 0.0249 e. The third-order valence-corrected chi connectivity index (χ3v) is 2.28. The fourth-order valence-corrected chi connectivity index (χ4v) is 1.30. The summed E-state index contributed by atoms with van der Waals surface area (Å²) in [5, 5.41) is 0. The molecule has 13 heavy (non-hydrogen) atoms. The number of allylic oxidation sites excluding steroid dienone is 1. The largest absolute Gasteiger partial charge is 0.768 e. The summed E-state index contributed by atoms with van der Waals surface area (Å²) in [6, 6.07) is 6.77. The van der Waals surface area contributed by atoms with Gasteiger partial charge in [-0.2, -0.15) is 0 Å². The first-order valence-electron chi connectivity index (χ1n) is 4.10. The number of hydrogen-bond donors (Lipinski definition) is 0. The lowest BCUT2D eigenvalue weighted by atomic mass is 10.2. The molecule has 0 saturated carbocycles. The molecule has 70 valence electrons. The fraction of sp³-hybridized carbons (Fsp3) is 0.200. The molecular formula is C10H11O2S-. The van der Waals surface area contributed by atoms with Crippen LogP contribution in [0.15, 0.2) is 35.2 Å². The SMILES string of the molecule is CCC=Cc1ccc(S(=O)[O-])cc1. The van der Waals surface area contributed by atoms with E-state index in [1.54, 1.807) is 24.3 Å². The molecule has 1 atom stereocenters. The number of rotatable bonds is 3. The van der Waals surface area contributed by atoms with Crippen LogP contribution in [0.2, 0.25) is 0 Å². The van der Waals surface area contributed by atoms with Crippen molar-refractivity contribution in [3.05, 3.63) is 35.9 Å². The molecule has 0 bridgehead atoms. The highest BCUT2D eigenvalue weighted by molar-refractivity contribution is 7.79. The van der Waals surface area contributed by atoms with Crippen molar-refractivity contribution in [2.45, 2.75) is 18.2 Å². The molecule has 2 nitrogen and oxygen atoms in total. The molecule has 1 aromatic carbocycles. The van der Waals surface area contributed by atoms with Crippen LogP contribution in [0.1, 0.15) is 18.9 Å². The summed E-state index contributed by atoms with van der Waals surface area (Å²) in [6.45, 7) is 2.05. The Morgan fingerprint density at radius 1 is 1.38 bits per heavy atom. The molecule has 0 fully saturated rings. The highest BCUT2D eigenvalue weighted by Crippen LogP contribution is 2.08. The Bertz CT molecular complexity index is 314. The maximum absolute atomic E-state index is 10.5. The predicted molar refractivity (Wildman–Crippen MR) is 53.0 cm³/mol. The van der Waals surface area contributed by atoms with Gasteiger partial charge in [0.25, 0.3) is 0 Å². The summed E-state index contributed by atoms with van der Waals surface area (Å²) in [4.78, 5) is 0.327. The summed E-state index contributed by atoms with van der Waals surface area (Å²) in [5.41, 5.74) is 1.02. The molecule has 0 spiro atoms. The lowest BCUT2D eigenvalue weighted by Gasteiger charge is -2.03. The zero-order valence-corrected chi connectivity index (χ0v) is 8.21. The van der Waals surface area contributed by atoms with Gasteiger partial charge in [-0.25, -0.2) is 0 Å². The maximum atomic E-state index is 10.5. The van der Waals surface area contributed by atoms with Crippen LogP contribution in [-0.4, -0.2) is 8.76 Å². The van der Waals surface area contributed by atoms with Crippen LogP contribution in [0.4, 0.5) is 0 Å². The van der Waals surface area contributed by atoms with Crippen molar-refractivity contribution >= 4 is 17.2 Å². The molecule has 1 rings (SSSR count). The van der Waals surface area contributed by atoms with E-state index in [1.807, 2.05) is 12.2 Å². The summed E-state index contributed by atoms with van der Waals surface area (Å²) in [5.74, 6) is 0. The van der Waals surface area contributed by atoms with E-state index in [0.29, 0.717) is 4.90 Å². The highest BCUT2D eigenvalue weighted by atomic mass is 32.2. The molecular weight excluding hydrogens is 184 g/mol. The van der Waals surface area contributed by atoms with Crippen molar-refractivity contribution < 1.29 is 8.76 Å². The van der Waals surface area contributed by atoms with Gasteiger partial charge >= 0.3 is 0 Å². The average molecular weight is 195 g/mol. The minimum Gasteiger partial charge on any atom is -0.768 e. The van der Waals surface area contributed by atoms with Crippen LogP contribution >= 0.6 is 0 Å². The minimum atomic E-state index is -2.12. The van der Waals surface area contributed by atoms with Gasteiger partial charge in [0.2, 0.25) is 0 Å². The van der Waals surface area contributed by atoms with E-state index in [-0.39, 0.29) is 0 Å². The highest BCUT2D eigenvalue weighted by Gasteiger charge is 1.90. The van der Waals surface area contributed by atoms with Crippen LogP contribution in [0, 0.1) is 0 Å². The first kappa shape index (κ1) is 10.2. The number of hydrogen-bond acceptors (Lipinski definition) is 2. The van der Waals surface area contributed by atoms with Crippen molar-refractivity contribution in [3.63, 3.8) is 0 Å². The van der Waals surface area contributed by atoms with Gasteiger partial charge in [-0.1, -0.05) is 31.2 Å². The summed E-state index contributed by atoms with van der Waals surface area (Å²) in [7, 11) is 0. The Kier molecular flexibility index (Phi) is 3.86. The zero-order valence-electron chi connectivity index (χ0n) is 7.40. The summed E-state index contributed by atoms with van der Waals surface area (Å²) < 4.78 is 21.0. The van der Waals surface area contributed by atoms with Crippen molar-refractivity contribution in [2.24, 2.45) is 0 Å². The molecule has 0 N–H and O–H groups in total. The average Bonchev–Trinajstić information content (AvgIpc) is 2.15. The van der Waals surface area contributed by atoms with Crippen LogP contribution in [0.5, 0.6) is 0 Å². The quantitative estimate of drug-likeness (QED) is 0.694. The van der Waals surface area contributed by atoms with Gasteiger partial charge in [0.15, 0.2) is 0 Å². The third kappa shape index (κ3) is 3.13. The topological polar surface area (TPSA) is 40.1 Å². The van der Waals surface area contributed by atoms with Gasteiger partial charge in [0.05, 0.1) is 0 Å². The van der Waals surface area contributed by atoms with Gasteiger partial charge in [0.1, 0.15) is 0 Å². The van der Waals surface area contributed by atoms with Gasteiger partial charge in [-0.3, -0.25) is 4.21 Å². The van der Waals surface area contributed by atoms with Crippen molar-refractivity contribution in [1.82, 2.24) is 0 Å². The molecule has 0 saturated heterocycles. The van der Waals surface area contributed by atoms with Crippen LogP contribution < -0.4 is 0 Å². The molecule has 0 heterocycles. The number of benzene rings is 1. The fourth-order valence-electron chi connectivity index (χ4n) is 0.944. The van der Waals surface area contributed by atoms with Crippen molar-refractivity contribution in [2.75, 3.05) is 0 Å². The Labute approximate surface area is 80.6 Å². The Hall–Kier alpha value is -0.930. The predicted octanol–water partition coefficient (Wildman–Crippen LogP) is 2.35. The van der Waals surface area contributed by atoms with Crippen molar-refractivity contribution in [3.8, 4) is 0 Å². The molecule has 3 heteroatoms. The second-order valence-electron chi connectivity index (χ2n) is 2.61. The van der Waals surface area contributed by atoms with E-state index >= 15 is 0 Å². The van der Waals surface area contributed by atoms with Crippen molar-refractivity contribution in [1.29, 1.82) is 0 Å². The molecule has 0 aromatic heterocycles. The lowest BCUT2D eigenvalue weighted by Crippen LogP contribution is -1.87. The first-order chi connectivity index (χ1) is 6.24. The van der Waals surface area contributed by atoms with Gasteiger partial charge < -0.3 is 4.55 Å². The lowest BCUT2D eigenvalue weighted by molar-refractivity contribution is 0.537. The van der Waals surface area contributed by atoms with Crippen LogP contribution in [0.25, 0.3) is 6.08 Å². The molecule has 0 aliphatic carbocycles. The molecule has 0 amide bonds. The van der Waals surface area contributed by atoms with E-state index in [4.69, 9.17) is 0 Å². The Balaban J connectivity index is 2.81.